The van der Waals surface area contributed by atoms with E-state index in [-0.39, 0.29) is 6.29 Å². The van der Waals surface area contributed by atoms with Crippen molar-refractivity contribution in [2.24, 2.45) is 0 Å². The molecule has 1 N–H and O–H groups in total. The molecule has 4 nitrogen and oxygen atoms in total. The van der Waals surface area contributed by atoms with Crippen molar-refractivity contribution >= 4 is 0 Å². The number of nitrogens with one attached hydrogen (secondary N) is 1. The number of quaternary nitrogens is 1. The topological polar surface area (TPSA) is 32.1 Å². The minimum atomic E-state index is 0.0191. The fourth-order valence-corrected chi connectivity index (χ4v) is 1.90. The fourth-order valence-electron chi connectivity index (χ4n) is 1.90. The van der Waals surface area contributed by atoms with E-state index in [1.165, 1.54) is 0 Å². The number of hydrogen-bond donors (Lipinski definition) is 1. The van der Waals surface area contributed by atoms with E-state index in [1.54, 1.807) is 4.90 Å². The van der Waals surface area contributed by atoms with Crippen LogP contribution in [0.5, 0.6) is 0 Å². The molecule has 14 heavy (non-hydrogen) atoms. The van der Waals surface area contributed by atoms with Crippen molar-refractivity contribution in [3.05, 3.63) is 0 Å². The molecule has 2 fully saturated rings. The summed E-state index contributed by atoms with van der Waals surface area (Å²) in [7, 11) is 0. The van der Waals surface area contributed by atoms with E-state index < -0.39 is 0 Å². The van der Waals surface area contributed by atoms with Gasteiger partial charge in [0.05, 0.1) is 26.4 Å². The van der Waals surface area contributed by atoms with E-state index >= 15 is 0 Å². The molecule has 0 radical (unpaired) electrons. The molecular formula is C10H20NO3+. The van der Waals surface area contributed by atoms with Gasteiger partial charge in [-0.05, 0) is 12.8 Å². The van der Waals surface area contributed by atoms with Crippen LogP contribution < -0.4 is 4.90 Å². The number of rotatable bonds is 2. The lowest BCUT2D eigenvalue weighted by molar-refractivity contribution is -0.913. The second-order valence-corrected chi connectivity index (χ2v) is 3.94. The Morgan fingerprint density at radius 3 is 2.21 bits per heavy atom. The third-order valence-corrected chi connectivity index (χ3v) is 2.80. The van der Waals surface area contributed by atoms with Crippen LogP contribution in [0.2, 0.25) is 0 Å². The first-order chi connectivity index (χ1) is 6.95. The maximum Gasteiger partial charge on any atom is 0.207 e. The predicted octanol–water partition coefficient (Wildman–Crippen LogP) is -0.945. The van der Waals surface area contributed by atoms with E-state index in [4.69, 9.17) is 14.2 Å². The van der Waals surface area contributed by atoms with Crippen molar-refractivity contribution in [1.82, 2.24) is 0 Å². The number of hydrogen-bond acceptors (Lipinski definition) is 3. The van der Waals surface area contributed by atoms with Gasteiger partial charge in [0.1, 0.15) is 19.6 Å². The SMILES string of the molecule is C1CCOC(C[NH+]2CCOCC2)OC1. The van der Waals surface area contributed by atoms with E-state index in [1.807, 2.05) is 0 Å². The highest BCUT2D eigenvalue weighted by atomic mass is 16.7. The molecule has 0 amide bonds. The second kappa shape index (κ2) is 5.66. The molecule has 0 unspecified atom stereocenters. The summed E-state index contributed by atoms with van der Waals surface area (Å²) >= 11 is 0. The smallest absolute Gasteiger partial charge is 0.207 e. The summed E-state index contributed by atoms with van der Waals surface area (Å²) in [5, 5.41) is 0. The molecule has 0 bridgehead atoms. The van der Waals surface area contributed by atoms with Crippen LogP contribution in [0, 0.1) is 0 Å². The molecule has 2 heterocycles. The van der Waals surface area contributed by atoms with Crippen molar-refractivity contribution in [3.63, 3.8) is 0 Å². The van der Waals surface area contributed by atoms with Gasteiger partial charge in [-0.1, -0.05) is 0 Å². The molecule has 2 saturated heterocycles. The predicted molar refractivity (Wildman–Crippen MR) is 51.3 cm³/mol. The van der Waals surface area contributed by atoms with Crippen LogP contribution in [-0.4, -0.2) is 52.4 Å². The van der Waals surface area contributed by atoms with Crippen LogP contribution >= 0.6 is 0 Å². The highest BCUT2D eigenvalue weighted by Gasteiger charge is 2.21. The summed E-state index contributed by atoms with van der Waals surface area (Å²) in [5.74, 6) is 0. The third-order valence-electron chi connectivity index (χ3n) is 2.80. The molecule has 2 rings (SSSR count). The Morgan fingerprint density at radius 1 is 0.929 bits per heavy atom. The first-order valence-corrected chi connectivity index (χ1v) is 5.60. The Morgan fingerprint density at radius 2 is 1.57 bits per heavy atom. The Hall–Kier alpha value is -0.160. The van der Waals surface area contributed by atoms with Gasteiger partial charge in [-0.15, -0.1) is 0 Å². The Bertz CT molecular complexity index is 151. The van der Waals surface area contributed by atoms with Crippen molar-refractivity contribution in [1.29, 1.82) is 0 Å². The Balaban J connectivity index is 1.71. The first kappa shape index (κ1) is 10.4. The van der Waals surface area contributed by atoms with Crippen LogP contribution in [-0.2, 0) is 14.2 Å². The highest BCUT2D eigenvalue weighted by Crippen LogP contribution is 2.03. The number of morpholine rings is 1. The fraction of sp³-hybridized carbons (Fsp3) is 1.00. The molecule has 82 valence electrons. The average Bonchev–Trinajstić information content (AvgIpc) is 2.48. The minimum absolute atomic E-state index is 0.0191. The second-order valence-electron chi connectivity index (χ2n) is 3.94. The third kappa shape index (κ3) is 3.20. The minimum Gasteiger partial charge on any atom is -0.370 e. The Labute approximate surface area is 85.1 Å². The zero-order valence-corrected chi connectivity index (χ0v) is 8.67. The molecule has 0 aromatic rings. The van der Waals surface area contributed by atoms with Gasteiger partial charge in [0.2, 0.25) is 6.29 Å². The molecular weight excluding hydrogens is 182 g/mol. The number of ether oxygens (including phenoxy) is 3. The van der Waals surface area contributed by atoms with Crippen LogP contribution in [0.1, 0.15) is 12.8 Å². The quantitative estimate of drug-likeness (QED) is 0.627. The zero-order chi connectivity index (χ0) is 9.64. The molecule has 0 aromatic heterocycles. The molecule has 0 spiro atoms. The zero-order valence-electron chi connectivity index (χ0n) is 8.67. The summed E-state index contributed by atoms with van der Waals surface area (Å²) in [6, 6.07) is 0. The van der Waals surface area contributed by atoms with Gasteiger partial charge >= 0.3 is 0 Å². The summed E-state index contributed by atoms with van der Waals surface area (Å²) in [6.45, 7) is 6.61. The van der Waals surface area contributed by atoms with E-state index in [9.17, 15) is 0 Å². The van der Waals surface area contributed by atoms with Crippen molar-refractivity contribution in [2.45, 2.75) is 19.1 Å². The lowest BCUT2D eigenvalue weighted by Crippen LogP contribution is -3.15. The normalized spacial score (nSPS) is 27.4. The highest BCUT2D eigenvalue weighted by molar-refractivity contribution is 4.50. The summed E-state index contributed by atoms with van der Waals surface area (Å²) in [4.78, 5) is 1.54. The van der Waals surface area contributed by atoms with Gasteiger partial charge < -0.3 is 19.1 Å². The van der Waals surface area contributed by atoms with Crippen molar-refractivity contribution < 1.29 is 19.1 Å². The van der Waals surface area contributed by atoms with Crippen LogP contribution in [0.15, 0.2) is 0 Å². The maximum absolute atomic E-state index is 5.62. The maximum atomic E-state index is 5.62. The van der Waals surface area contributed by atoms with Gasteiger partial charge in [-0.2, -0.15) is 0 Å². The molecule has 4 heteroatoms. The molecule has 2 aliphatic heterocycles. The largest absolute Gasteiger partial charge is 0.370 e. The van der Waals surface area contributed by atoms with E-state index in [2.05, 4.69) is 0 Å². The van der Waals surface area contributed by atoms with Gasteiger partial charge in [0.25, 0.3) is 0 Å². The monoisotopic (exact) mass is 202 g/mol. The summed E-state index contributed by atoms with van der Waals surface area (Å²) in [6.07, 6.45) is 2.29. The van der Waals surface area contributed by atoms with Gasteiger partial charge in [-0.25, -0.2) is 0 Å². The first-order valence-electron chi connectivity index (χ1n) is 5.60. The van der Waals surface area contributed by atoms with Crippen molar-refractivity contribution in [2.75, 3.05) is 46.1 Å². The van der Waals surface area contributed by atoms with Crippen molar-refractivity contribution in [3.8, 4) is 0 Å². The van der Waals surface area contributed by atoms with Gasteiger partial charge in [0.15, 0.2) is 0 Å². The summed E-state index contributed by atoms with van der Waals surface area (Å²) < 4.78 is 16.6. The lowest BCUT2D eigenvalue weighted by Gasteiger charge is -2.26. The molecule has 0 aliphatic carbocycles. The van der Waals surface area contributed by atoms with E-state index in [0.29, 0.717) is 0 Å². The van der Waals surface area contributed by atoms with Gasteiger partial charge in [0, 0.05) is 0 Å². The van der Waals surface area contributed by atoms with Crippen LogP contribution in [0.3, 0.4) is 0 Å². The molecule has 0 aromatic carbocycles. The standard InChI is InChI=1S/C10H19NO3/c1-2-6-14-10(13-5-1)9-11-3-7-12-8-4-11/h10H,1-9H2/p+1. The van der Waals surface area contributed by atoms with E-state index in [0.717, 1.165) is 58.9 Å². The van der Waals surface area contributed by atoms with Crippen LogP contribution in [0.4, 0.5) is 0 Å². The van der Waals surface area contributed by atoms with Crippen LogP contribution in [0.25, 0.3) is 0 Å². The summed E-state index contributed by atoms with van der Waals surface area (Å²) in [5.41, 5.74) is 0. The molecule has 0 saturated carbocycles. The lowest BCUT2D eigenvalue weighted by atomic mass is 10.3. The molecule has 0 atom stereocenters. The Kier molecular flexibility index (Phi) is 4.19. The molecule has 2 aliphatic rings. The average molecular weight is 202 g/mol. The van der Waals surface area contributed by atoms with Gasteiger partial charge in [-0.3, -0.25) is 0 Å².